The van der Waals surface area contributed by atoms with Crippen LogP contribution in [0.5, 0.6) is 0 Å². The molecule has 0 spiro atoms. The largest absolute Gasteiger partial charge is 0.369 e. The lowest BCUT2D eigenvalue weighted by atomic mass is 10.2. The molecule has 1 aliphatic rings. The third kappa shape index (κ3) is 2.99. The van der Waals surface area contributed by atoms with Crippen molar-refractivity contribution >= 4 is 21.6 Å². The molecule has 1 fully saturated rings. The lowest BCUT2D eigenvalue weighted by Gasteiger charge is -2.37. The molecule has 0 radical (unpaired) electrons. The Kier molecular flexibility index (Phi) is 4.03. The van der Waals surface area contributed by atoms with E-state index in [2.05, 4.69) is 50.0 Å². The van der Waals surface area contributed by atoms with Crippen molar-refractivity contribution in [2.24, 2.45) is 0 Å². The Hall–Kier alpha value is -1.05. The fraction of sp³-hybridized carbons (Fsp3) is 0.462. The van der Waals surface area contributed by atoms with Crippen molar-refractivity contribution in [3.8, 4) is 6.07 Å². The van der Waals surface area contributed by atoms with E-state index < -0.39 is 0 Å². The quantitative estimate of drug-likeness (QED) is 0.839. The summed E-state index contributed by atoms with van der Waals surface area (Å²) in [5, 5.41) is 8.89. The number of piperazine rings is 1. The highest BCUT2D eigenvalue weighted by molar-refractivity contribution is 9.10. The topological polar surface area (TPSA) is 30.3 Å². The predicted molar refractivity (Wildman–Crippen MR) is 73.0 cm³/mol. The van der Waals surface area contributed by atoms with Gasteiger partial charge in [-0.3, -0.25) is 4.90 Å². The molecule has 17 heavy (non-hydrogen) atoms. The van der Waals surface area contributed by atoms with Gasteiger partial charge in [0.2, 0.25) is 0 Å². The molecule has 1 heterocycles. The number of hydrogen-bond acceptors (Lipinski definition) is 3. The summed E-state index contributed by atoms with van der Waals surface area (Å²) < 4.78 is 1.11. The van der Waals surface area contributed by atoms with Crippen molar-refractivity contribution in [2.75, 3.05) is 31.1 Å². The first-order chi connectivity index (χ1) is 8.20. The maximum Gasteiger partial charge on any atom is 0.0950 e. The fourth-order valence-corrected chi connectivity index (χ4v) is 2.51. The van der Waals surface area contributed by atoms with Crippen LogP contribution in [0.25, 0.3) is 0 Å². The molecule has 0 bridgehead atoms. The minimum atomic E-state index is 0.0275. The van der Waals surface area contributed by atoms with E-state index in [1.54, 1.807) is 0 Å². The summed E-state index contributed by atoms with van der Waals surface area (Å²) in [4.78, 5) is 4.60. The molecule has 1 aliphatic heterocycles. The van der Waals surface area contributed by atoms with Crippen LogP contribution < -0.4 is 4.90 Å². The normalized spacial score (nSPS) is 18.8. The number of rotatable bonds is 2. The Balaban J connectivity index is 1.98. The van der Waals surface area contributed by atoms with Gasteiger partial charge in [0.1, 0.15) is 0 Å². The van der Waals surface area contributed by atoms with Crippen LogP contribution in [0.4, 0.5) is 5.69 Å². The van der Waals surface area contributed by atoms with Crippen LogP contribution in [0, 0.1) is 11.3 Å². The molecule has 2 rings (SSSR count). The molecule has 3 nitrogen and oxygen atoms in total. The molecule has 0 saturated carbocycles. The fourth-order valence-electron chi connectivity index (χ4n) is 2.12. The van der Waals surface area contributed by atoms with Gasteiger partial charge in [0.25, 0.3) is 0 Å². The highest BCUT2D eigenvalue weighted by atomic mass is 79.9. The maximum atomic E-state index is 8.89. The van der Waals surface area contributed by atoms with E-state index in [1.165, 1.54) is 5.69 Å². The van der Waals surface area contributed by atoms with Gasteiger partial charge in [-0.1, -0.05) is 22.0 Å². The number of halogens is 1. The van der Waals surface area contributed by atoms with Crippen molar-refractivity contribution in [1.82, 2.24) is 4.90 Å². The van der Waals surface area contributed by atoms with Crippen molar-refractivity contribution in [3.63, 3.8) is 0 Å². The number of anilines is 1. The molecule has 1 atom stereocenters. The van der Waals surface area contributed by atoms with Gasteiger partial charge in [0.05, 0.1) is 12.1 Å². The smallest absolute Gasteiger partial charge is 0.0950 e. The zero-order chi connectivity index (χ0) is 12.3. The van der Waals surface area contributed by atoms with E-state index in [0.717, 1.165) is 30.7 Å². The lowest BCUT2D eigenvalue weighted by Crippen LogP contribution is -2.49. The zero-order valence-corrected chi connectivity index (χ0v) is 11.5. The van der Waals surface area contributed by atoms with Gasteiger partial charge in [-0.25, -0.2) is 0 Å². The number of hydrogen-bond donors (Lipinski definition) is 0. The molecule has 0 aliphatic carbocycles. The van der Waals surface area contributed by atoms with Gasteiger partial charge in [-0.2, -0.15) is 5.26 Å². The standard InChI is InChI=1S/C13H16BrN3/c1-11(10-15)16-5-7-17(8-6-16)13-4-2-3-12(14)9-13/h2-4,9,11H,5-8H2,1H3/t11-/m0/s1. The molecular formula is C13H16BrN3. The molecule has 0 unspecified atom stereocenters. The van der Waals surface area contributed by atoms with Crippen molar-refractivity contribution in [1.29, 1.82) is 5.26 Å². The van der Waals surface area contributed by atoms with Crippen molar-refractivity contribution < 1.29 is 0 Å². The van der Waals surface area contributed by atoms with E-state index in [1.807, 2.05) is 13.0 Å². The third-order valence-electron chi connectivity index (χ3n) is 3.22. The SMILES string of the molecule is C[C@@H](C#N)N1CCN(c2cccc(Br)c2)CC1. The van der Waals surface area contributed by atoms with Crippen LogP contribution in [-0.2, 0) is 0 Å². The highest BCUT2D eigenvalue weighted by Crippen LogP contribution is 2.21. The molecule has 0 N–H and O–H groups in total. The summed E-state index contributed by atoms with van der Waals surface area (Å²) in [6, 6.07) is 10.7. The number of nitrogens with zero attached hydrogens (tertiary/aromatic N) is 3. The number of benzene rings is 1. The van der Waals surface area contributed by atoms with Gasteiger partial charge in [-0.05, 0) is 25.1 Å². The van der Waals surface area contributed by atoms with E-state index in [-0.39, 0.29) is 6.04 Å². The van der Waals surface area contributed by atoms with E-state index >= 15 is 0 Å². The summed E-state index contributed by atoms with van der Waals surface area (Å²) in [5.41, 5.74) is 1.25. The molecular weight excluding hydrogens is 278 g/mol. The second kappa shape index (κ2) is 5.52. The monoisotopic (exact) mass is 293 g/mol. The van der Waals surface area contributed by atoms with E-state index in [4.69, 9.17) is 5.26 Å². The summed E-state index contributed by atoms with van der Waals surface area (Å²) in [7, 11) is 0. The Bertz CT molecular complexity index is 419. The second-order valence-corrected chi connectivity index (χ2v) is 5.22. The molecule has 0 amide bonds. The average Bonchev–Trinajstić information content (AvgIpc) is 2.38. The second-order valence-electron chi connectivity index (χ2n) is 4.31. The summed E-state index contributed by atoms with van der Waals surface area (Å²) >= 11 is 3.49. The molecule has 0 aromatic heterocycles. The minimum absolute atomic E-state index is 0.0275. The highest BCUT2D eigenvalue weighted by Gasteiger charge is 2.20. The minimum Gasteiger partial charge on any atom is -0.369 e. The first-order valence-corrected chi connectivity index (χ1v) is 6.64. The lowest BCUT2D eigenvalue weighted by molar-refractivity contribution is 0.231. The van der Waals surface area contributed by atoms with Crippen LogP contribution in [-0.4, -0.2) is 37.1 Å². The number of nitriles is 1. The maximum absolute atomic E-state index is 8.89. The first kappa shape index (κ1) is 12.4. The average molecular weight is 294 g/mol. The first-order valence-electron chi connectivity index (χ1n) is 5.85. The molecule has 90 valence electrons. The van der Waals surface area contributed by atoms with Crippen LogP contribution in [0.3, 0.4) is 0 Å². The van der Waals surface area contributed by atoms with Crippen molar-refractivity contribution in [2.45, 2.75) is 13.0 Å². The van der Waals surface area contributed by atoms with Crippen LogP contribution in [0.2, 0.25) is 0 Å². The Morgan fingerprint density at radius 3 is 2.59 bits per heavy atom. The van der Waals surface area contributed by atoms with Crippen LogP contribution in [0.1, 0.15) is 6.92 Å². The molecule has 4 heteroatoms. The molecule has 1 aromatic rings. The van der Waals surface area contributed by atoms with Gasteiger partial charge in [0.15, 0.2) is 0 Å². The predicted octanol–water partition coefficient (Wildman–Crippen LogP) is 2.48. The van der Waals surface area contributed by atoms with Crippen LogP contribution >= 0.6 is 15.9 Å². The van der Waals surface area contributed by atoms with Crippen LogP contribution in [0.15, 0.2) is 28.7 Å². The Labute approximate surface area is 111 Å². The molecule has 1 saturated heterocycles. The van der Waals surface area contributed by atoms with Gasteiger partial charge in [0, 0.05) is 36.3 Å². The Morgan fingerprint density at radius 2 is 2.00 bits per heavy atom. The van der Waals surface area contributed by atoms with Gasteiger partial charge in [-0.15, -0.1) is 0 Å². The van der Waals surface area contributed by atoms with Gasteiger partial charge < -0.3 is 4.90 Å². The Morgan fingerprint density at radius 1 is 1.29 bits per heavy atom. The summed E-state index contributed by atoms with van der Waals surface area (Å²) in [6.07, 6.45) is 0. The zero-order valence-electron chi connectivity index (χ0n) is 9.93. The van der Waals surface area contributed by atoms with E-state index in [0.29, 0.717) is 0 Å². The molecule has 1 aromatic carbocycles. The van der Waals surface area contributed by atoms with E-state index in [9.17, 15) is 0 Å². The van der Waals surface area contributed by atoms with Crippen molar-refractivity contribution in [3.05, 3.63) is 28.7 Å². The summed E-state index contributed by atoms with van der Waals surface area (Å²) in [5.74, 6) is 0. The van der Waals surface area contributed by atoms with Gasteiger partial charge >= 0.3 is 0 Å². The third-order valence-corrected chi connectivity index (χ3v) is 3.72. The summed E-state index contributed by atoms with van der Waals surface area (Å²) in [6.45, 7) is 5.86.